The maximum Gasteiger partial charge on any atom is 0.387 e. The molecule has 6 nitrogen and oxygen atoms in total. The molecule has 25 heavy (non-hydrogen) atoms. The number of alkyl halides is 2. The fraction of sp³-hybridized carbons (Fsp3) is 0.588. The molecule has 2 amide bonds. The summed E-state index contributed by atoms with van der Waals surface area (Å²) in [4.78, 5) is 14.2. The highest BCUT2D eigenvalue weighted by atomic mass is 19.3. The molecule has 1 aliphatic rings. The normalized spacial score (nSPS) is 15.9. The van der Waals surface area contributed by atoms with E-state index in [1.54, 1.807) is 6.07 Å². The molecule has 1 fully saturated rings. The van der Waals surface area contributed by atoms with Gasteiger partial charge in [-0.3, -0.25) is 0 Å². The Kier molecular flexibility index (Phi) is 7.24. The molecule has 140 valence electrons. The average Bonchev–Trinajstić information content (AvgIpc) is 2.56. The van der Waals surface area contributed by atoms with E-state index in [1.807, 2.05) is 0 Å². The van der Waals surface area contributed by atoms with E-state index >= 15 is 0 Å². The molecule has 1 aromatic carbocycles. The van der Waals surface area contributed by atoms with Gasteiger partial charge in [0.15, 0.2) is 11.5 Å². The van der Waals surface area contributed by atoms with Crippen LogP contribution in [0.2, 0.25) is 0 Å². The van der Waals surface area contributed by atoms with E-state index in [2.05, 4.69) is 27.3 Å². The van der Waals surface area contributed by atoms with Gasteiger partial charge in [0, 0.05) is 18.3 Å². The van der Waals surface area contributed by atoms with Crippen LogP contribution in [0, 0.1) is 5.92 Å². The Bertz CT molecular complexity index is 564. The van der Waals surface area contributed by atoms with Crippen LogP contribution in [0.4, 0.5) is 19.3 Å². The molecule has 1 aliphatic heterocycles. The number of urea groups is 1. The van der Waals surface area contributed by atoms with E-state index < -0.39 is 6.61 Å². The van der Waals surface area contributed by atoms with Crippen molar-refractivity contribution in [3.8, 4) is 11.5 Å². The van der Waals surface area contributed by atoms with Crippen molar-refractivity contribution in [3.63, 3.8) is 0 Å². The van der Waals surface area contributed by atoms with Gasteiger partial charge in [-0.15, -0.1) is 0 Å². The van der Waals surface area contributed by atoms with Crippen LogP contribution >= 0.6 is 0 Å². The zero-order chi connectivity index (χ0) is 18.2. The first-order valence-electron chi connectivity index (χ1n) is 8.34. The molecular weight excluding hydrogens is 332 g/mol. The highest BCUT2D eigenvalue weighted by molar-refractivity contribution is 5.89. The third-order valence-corrected chi connectivity index (χ3v) is 4.31. The Morgan fingerprint density at radius 3 is 2.68 bits per heavy atom. The van der Waals surface area contributed by atoms with Gasteiger partial charge in [-0.25, -0.2) is 4.79 Å². The number of carbonyl (C=O) groups excluding carboxylic acids is 1. The molecule has 0 atom stereocenters. The predicted molar refractivity (Wildman–Crippen MR) is 91.5 cm³/mol. The second kappa shape index (κ2) is 9.41. The highest BCUT2D eigenvalue weighted by Crippen LogP contribution is 2.31. The first-order chi connectivity index (χ1) is 12.0. The van der Waals surface area contributed by atoms with Gasteiger partial charge in [0.2, 0.25) is 0 Å². The molecule has 0 spiro atoms. The number of hydrogen-bond donors (Lipinski definition) is 2. The summed E-state index contributed by atoms with van der Waals surface area (Å²) in [5.74, 6) is 0.679. The second-order valence-corrected chi connectivity index (χ2v) is 6.16. The Balaban J connectivity index is 1.79. The Hall–Kier alpha value is -2.09. The molecule has 1 aromatic rings. The molecule has 1 heterocycles. The summed E-state index contributed by atoms with van der Waals surface area (Å²) in [5, 5.41) is 5.41. The quantitative estimate of drug-likeness (QED) is 0.787. The zero-order valence-corrected chi connectivity index (χ0v) is 14.6. The van der Waals surface area contributed by atoms with Crippen molar-refractivity contribution in [2.45, 2.75) is 25.9 Å². The number of amides is 2. The molecule has 2 rings (SSSR count). The summed E-state index contributed by atoms with van der Waals surface area (Å²) in [6, 6.07) is 3.96. The number of rotatable bonds is 7. The standard InChI is InChI=1S/C17H25F2N3O3/c1-22-9-6-12(7-10-22)5-8-20-17(23)21-13-3-4-14(24-2)15(11-13)25-16(18)19/h3-4,11-12,16H,5-10H2,1-2H3,(H2,20,21,23). The van der Waals surface area contributed by atoms with Crippen LogP contribution in [0.3, 0.4) is 0 Å². The highest BCUT2D eigenvalue weighted by Gasteiger charge is 2.16. The third kappa shape index (κ3) is 6.38. The van der Waals surface area contributed by atoms with Crippen molar-refractivity contribution in [2.75, 3.05) is 39.1 Å². The minimum Gasteiger partial charge on any atom is -0.493 e. The van der Waals surface area contributed by atoms with Crippen LogP contribution in [0.25, 0.3) is 0 Å². The number of halogens is 2. The van der Waals surface area contributed by atoms with Crippen LogP contribution < -0.4 is 20.1 Å². The van der Waals surface area contributed by atoms with Crippen LogP contribution in [-0.2, 0) is 0 Å². The smallest absolute Gasteiger partial charge is 0.387 e. The second-order valence-electron chi connectivity index (χ2n) is 6.16. The number of anilines is 1. The Morgan fingerprint density at radius 2 is 2.04 bits per heavy atom. The van der Waals surface area contributed by atoms with E-state index in [-0.39, 0.29) is 17.5 Å². The largest absolute Gasteiger partial charge is 0.493 e. The van der Waals surface area contributed by atoms with Gasteiger partial charge in [0.05, 0.1) is 7.11 Å². The molecule has 0 unspecified atom stereocenters. The Morgan fingerprint density at radius 1 is 1.32 bits per heavy atom. The van der Waals surface area contributed by atoms with Crippen molar-refractivity contribution in [1.29, 1.82) is 0 Å². The molecule has 0 saturated carbocycles. The summed E-state index contributed by atoms with van der Waals surface area (Å²) < 4.78 is 34.2. The summed E-state index contributed by atoms with van der Waals surface area (Å²) >= 11 is 0. The lowest BCUT2D eigenvalue weighted by Crippen LogP contribution is -2.34. The predicted octanol–water partition coefficient (Wildman–Crippen LogP) is 3.15. The van der Waals surface area contributed by atoms with Gasteiger partial charge in [-0.2, -0.15) is 8.78 Å². The van der Waals surface area contributed by atoms with E-state index in [0.717, 1.165) is 32.4 Å². The zero-order valence-electron chi connectivity index (χ0n) is 14.6. The van der Waals surface area contributed by atoms with E-state index in [1.165, 1.54) is 19.2 Å². The lowest BCUT2D eigenvalue weighted by atomic mass is 9.94. The number of nitrogens with zero attached hydrogens (tertiary/aromatic N) is 1. The third-order valence-electron chi connectivity index (χ3n) is 4.31. The molecular formula is C17H25F2N3O3. The van der Waals surface area contributed by atoms with Crippen molar-refractivity contribution in [1.82, 2.24) is 10.2 Å². The van der Waals surface area contributed by atoms with Gasteiger partial charge in [0.1, 0.15) is 0 Å². The number of benzene rings is 1. The molecule has 0 bridgehead atoms. The number of carbonyl (C=O) groups is 1. The van der Waals surface area contributed by atoms with Crippen LogP contribution in [0.5, 0.6) is 11.5 Å². The number of piperidine rings is 1. The lowest BCUT2D eigenvalue weighted by molar-refractivity contribution is -0.0511. The minimum absolute atomic E-state index is 0.123. The molecule has 8 heteroatoms. The first-order valence-corrected chi connectivity index (χ1v) is 8.34. The summed E-state index contributed by atoms with van der Waals surface area (Å²) in [6.45, 7) is -0.199. The maximum absolute atomic E-state index is 12.4. The molecule has 0 radical (unpaired) electrons. The SMILES string of the molecule is COc1ccc(NC(=O)NCCC2CCN(C)CC2)cc1OC(F)F. The van der Waals surface area contributed by atoms with Gasteiger partial charge < -0.3 is 25.0 Å². The van der Waals surface area contributed by atoms with Crippen LogP contribution in [0.15, 0.2) is 18.2 Å². The average molecular weight is 357 g/mol. The van der Waals surface area contributed by atoms with Gasteiger partial charge >= 0.3 is 12.6 Å². The van der Waals surface area contributed by atoms with Crippen molar-refractivity contribution in [3.05, 3.63) is 18.2 Å². The van der Waals surface area contributed by atoms with Crippen LogP contribution in [-0.4, -0.2) is 51.3 Å². The van der Waals surface area contributed by atoms with Crippen molar-refractivity contribution >= 4 is 11.7 Å². The van der Waals surface area contributed by atoms with Crippen molar-refractivity contribution in [2.24, 2.45) is 5.92 Å². The molecule has 0 aliphatic carbocycles. The fourth-order valence-corrected chi connectivity index (χ4v) is 2.86. The first kappa shape index (κ1) is 19.2. The van der Waals surface area contributed by atoms with Gasteiger partial charge in [-0.1, -0.05) is 0 Å². The molecule has 0 aromatic heterocycles. The van der Waals surface area contributed by atoms with Crippen LogP contribution in [0.1, 0.15) is 19.3 Å². The number of hydrogen-bond acceptors (Lipinski definition) is 4. The Labute approximate surface area is 146 Å². The number of likely N-dealkylation sites (tertiary alicyclic amines) is 1. The van der Waals surface area contributed by atoms with Gasteiger partial charge in [0.25, 0.3) is 0 Å². The van der Waals surface area contributed by atoms with E-state index in [9.17, 15) is 13.6 Å². The fourth-order valence-electron chi connectivity index (χ4n) is 2.86. The number of ether oxygens (including phenoxy) is 2. The minimum atomic E-state index is -2.97. The van der Waals surface area contributed by atoms with Crippen molar-refractivity contribution < 1.29 is 23.0 Å². The summed E-state index contributed by atoms with van der Waals surface area (Å²) in [6.07, 6.45) is 3.23. The monoisotopic (exact) mass is 357 g/mol. The maximum atomic E-state index is 12.4. The number of nitrogens with one attached hydrogen (secondary N) is 2. The topological polar surface area (TPSA) is 62.8 Å². The summed E-state index contributed by atoms with van der Waals surface area (Å²) in [5.41, 5.74) is 0.355. The number of methoxy groups -OCH3 is 1. The molecule has 2 N–H and O–H groups in total. The lowest BCUT2D eigenvalue weighted by Gasteiger charge is -2.28. The summed E-state index contributed by atoms with van der Waals surface area (Å²) in [7, 11) is 3.47. The molecule has 1 saturated heterocycles. The van der Waals surface area contributed by atoms with E-state index in [4.69, 9.17) is 4.74 Å². The van der Waals surface area contributed by atoms with E-state index in [0.29, 0.717) is 18.2 Å². The van der Waals surface area contributed by atoms with Gasteiger partial charge in [-0.05, 0) is 57.5 Å².